The summed E-state index contributed by atoms with van der Waals surface area (Å²) < 4.78 is 10.4. The van der Waals surface area contributed by atoms with Crippen LogP contribution in [0.1, 0.15) is 12.2 Å². The van der Waals surface area contributed by atoms with Crippen LogP contribution in [0, 0.1) is 0 Å². The summed E-state index contributed by atoms with van der Waals surface area (Å²) in [7, 11) is 0. The molecule has 0 fully saturated rings. The normalized spacial score (nSPS) is 12.2. The molecule has 2 heterocycles. The molecule has 136 valence electrons. The van der Waals surface area contributed by atoms with Gasteiger partial charge in [0.15, 0.2) is 6.61 Å². The number of esters is 1. The Kier molecular flexibility index (Phi) is 4.98. The number of para-hydroxylation sites is 2. The van der Waals surface area contributed by atoms with Crippen LogP contribution in [-0.4, -0.2) is 18.5 Å². The van der Waals surface area contributed by atoms with E-state index in [-0.39, 0.29) is 18.9 Å². The molecule has 2 aromatic carbocycles. The molecule has 1 aliphatic heterocycles. The Labute approximate surface area is 160 Å². The molecule has 0 saturated carbocycles. The van der Waals surface area contributed by atoms with Crippen LogP contribution in [0.25, 0.3) is 0 Å². The molecular formula is C21H17NO4S. The quantitative estimate of drug-likeness (QED) is 0.607. The third-order valence-electron chi connectivity index (χ3n) is 4.19. The van der Waals surface area contributed by atoms with E-state index in [0.29, 0.717) is 12.2 Å². The van der Waals surface area contributed by atoms with Crippen molar-refractivity contribution in [1.29, 1.82) is 0 Å². The summed E-state index contributed by atoms with van der Waals surface area (Å²) in [4.78, 5) is 28.5. The molecule has 0 saturated heterocycles. The van der Waals surface area contributed by atoms with E-state index < -0.39 is 5.97 Å². The van der Waals surface area contributed by atoms with Crippen LogP contribution in [0.5, 0.6) is 0 Å². The molecule has 0 spiro atoms. The van der Waals surface area contributed by atoms with E-state index in [1.54, 1.807) is 35.1 Å². The number of anilines is 2. The highest BCUT2D eigenvalue weighted by atomic mass is 32.2. The maximum absolute atomic E-state index is 12.9. The zero-order valence-electron chi connectivity index (χ0n) is 14.5. The second-order valence-corrected chi connectivity index (χ2v) is 7.09. The summed E-state index contributed by atoms with van der Waals surface area (Å²) in [5.74, 6) is 0.0171. The topological polar surface area (TPSA) is 59.8 Å². The summed E-state index contributed by atoms with van der Waals surface area (Å²) in [6.07, 6.45) is 2.18. The average molecular weight is 379 g/mol. The summed E-state index contributed by atoms with van der Waals surface area (Å²) in [6.45, 7) is -0.301. The van der Waals surface area contributed by atoms with Gasteiger partial charge in [-0.15, -0.1) is 0 Å². The summed E-state index contributed by atoms with van der Waals surface area (Å²) in [6, 6.07) is 19.0. The number of benzene rings is 2. The van der Waals surface area contributed by atoms with Crippen LogP contribution in [0.15, 0.2) is 81.1 Å². The fraction of sp³-hybridized carbons (Fsp3) is 0.143. The van der Waals surface area contributed by atoms with Crippen molar-refractivity contribution in [3.63, 3.8) is 0 Å². The number of rotatable bonds is 5. The van der Waals surface area contributed by atoms with Gasteiger partial charge in [0, 0.05) is 16.2 Å². The van der Waals surface area contributed by atoms with Crippen LogP contribution in [0.3, 0.4) is 0 Å². The van der Waals surface area contributed by atoms with Crippen LogP contribution in [-0.2, 0) is 20.7 Å². The number of hydrogen-bond acceptors (Lipinski definition) is 5. The third-order valence-corrected chi connectivity index (χ3v) is 5.32. The van der Waals surface area contributed by atoms with Gasteiger partial charge < -0.3 is 9.15 Å². The predicted octanol–water partition coefficient (Wildman–Crippen LogP) is 4.58. The maximum atomic E-state index is 12.9. The highest BCUT2D eigenvalue weighted by molar-refractivity contribution is 7.99. The fourth-order valence-electron chi connectivity index (χ4n) is 2.93. The Balaban J connectivity index is 1.46. The number of nitrogens with zero attached hydrogens (tertiary/aromatic N) is 1. The molecule has 1 aliphatic rings. The number of carbonyl (C=O) groups excluding carboxylic acids is 2. The van der Waals surface area contributed by atoms with E-state index in [0.717, 1.165) is 21.2 Å². The van der Waals surface area contributed by atoms with Crippen molar-refractivity contribution in [2.24, 2.45) is 0 Å². The molecule has 3 aromatic rings. The Morgan fingerprint density at radius 2 is 1.59 bits per heavy atom. The zero-order valence-corrected chi connectivity index (χ0v) is 15.3. The molecule has 27 heavy (non-hydrogen) atoms. The molecule has 0 N–H and O–H groups in total. The average Bonchev–Trinajstić information content (AvgIpc) is 3.22. The monoisotopic (exact) mass is 379 g/mol. The van der Waals surface area contributed by atoms with Gasteiger partial charge in [-0.3, -0.25) is 14.5 Å². The van der Waals surface area contributed by atoms with Gasteiger partial charge in [-0.25, -0.2) is 0 Å². The highest BCUT2D eigenvalue weighted by Crippen LogP contribution is 2.47. The maximum Gasteiger partial charge on any atom is 0.306 e. The van der Waals surface area contributed by atoms with E-state index in [9.17, 15) is 9.59 Å². The molecule has 1 amide bonds. The first-order chi connectivity index (χ1) is 13.2. The smallest absolute Gasteiger partial charge is 0.306 e. The van der Waals surface area contributed by atoms with Gasteiger partial charge in [0.25, 0.3) is 5.91 Å². The third kappa shape index (κ3) is 3.75. The van der Waals surface area contributed by atoms with Crippen molar-refractivity contribution in [2.75, 3.05) is 11.5 Å². The molecule has 6 heteroatoms. The Hall–Kier alpha value is -2.99. The molecular weight excluding hydrogens is 362 g/mol. The Bertz CT molecular complexity index is 922. The zero-order chi connectivity index (χ0) is 18.6. The van der Waals surface area contributed by atoms with Crippen molar-refractivity contribution >= 4 is 35.0 Å². The second kappa shape index (κ2) is 7.72. The molecule has 5 nitrogen and oxygen atoms in total. The van der Waals surface area contributed by atoms with Crippen molar-refractivity contribution in [1.82, 2.24) is 0 Å². The minimum absolute atomic E-state index is 0.170. The second-order valence-electron chi connectivity index (χ2n) is 6.01. The highest BCUT2D eigenvalue weighted by Gasteiger charge is 2.28. The van der Waals surface area contributed by atoms with Crippen LogP contribution in [0.4, 0.5) is 11.4 Å². The SMILES string of the molecule is O=C(CCc1ccco1)OCC(=O)N1c2ccccc2Sc2ccccc21. The van der Waals surface area contributed by atoms with Crippen LogP contribution < -0.4 is 4.90 Å². The Morgan fingerprint density at radius 3 is 2.22 bits per heavy atom. The first kappa shape index (κ1) is 17.4. The van der Waals surface area contributed by atoms with E-state index in [1.165, 1.54) is 0 Å². The molecule has 1 aromatic heterocycles. The number of furan rings is 1. The molecule has 0 unspecified atom stereocenters. The van der Waals surface area contributed by atoms with Gasteiger partial charge in [-0.05, 0) is 36.4 Å². The number of aryl methyl sites for hydroxylation is 1. The standard InChI is InChI=1S/C21H17NO4S/c23-20(14-26-21(24)12-11-15-6-5-13-25-15)22-16-7-1-3-9-18(16)27-19-10-4-2-8-17(19)22/h1-10,13H,11-12,14H2. The van der Waals surface area contributed by atoms with E-state index in [2.05, 4.69) is 0 Å². The molecule has 0 aliphatic carbocycles. The fourth-order valence-corrected chi connectivity index (χ4v) is 3.99. The van der Waals surface area contributed by atoms with Crippen molar-refractivity contribution in [3.8, 4) is 0 Å². The molecule has 4 rings (SSSR count). The van der Waals surface area contributed by atoms with Gasteiger partial charge in [0.05, 0.1) is 24.1 Å². The number of carbonyl (C=O) groups is 2. The molecule has 0 radical (unpaired) electrons. The van der Waals surface area contributed by atoms with Crippen molar-refractivity contribution in [3.05, 3.63) is 72.7 Å². The van der Waals surface area contributed by atoms with E-state index in [4.69, 9.17) is 9.15 Å². The largest absolute Gasteiger partial charge is 0.469 e. The van der Waals surface area contributed by atoms with Crippen molar-refractivity contribution in [2.45, 2.75) is 22.6 Å². The van der Waals surface area contributed by atoms with Crippen LogP contribution >= 0.6 is 11.8 Å². The number of ether oxygens (including phenoxy) is 1. The predicted molar refractivity (Wildman–Crippen MR) is 102 cm³/mol. The number of hydrogen-bond donors (Lipinski definition) is 0. The lowest BCUT2D eigenvalue weighted by molar-refractivity contribution is -0.147. The summed E-state index contributed by atoms with van der Waals surface area (Å²) in [5.41, 5.74) is 1.61. The minimum Gasteiger partial charge on any atom is -0.469 e. The lowest BCUT2D eigenvalue weighted by Crippen LogP contribution is -2.32. The van der Waals surface area contributed by atoms with Gasteiger partial charge >= 0.3 is 5.97 Å². The van der Waals surface area contributed by atoms with Crippen molar-refractivity contribution < 1.29 is 18.7 Å². The first-order valence-electron chi connectivity index (χ1n) is 8.59. The van der Waals surface area contributed by atoms with E-state index >= 15 is 0 Å². The first-order valence-corrected chi connectivity index (χ1v) is 9.41. The summed E-state index contributed by atoms with van der Waals surface area (Å²) >= 11 is 1.62. The Morgan fingerprint density at radius 1 is 0.926 bits per heavy atom. The number of amides is 1. The molecule has 0 bridgehead atoms. The van der Waals surface area contributed by atoms with E-state index in [1.807, 2.05) is 48.5 Å². The van der Waals surface area contributed by atoms with Gasteiger partial charge in [0.1, 0.15) is 5.76 Å². The van der Waals surface area contributed by atoms with Gasteiger partial charge in [-0.2, -0.15) is 0 Å². The van der Waals surface area contributed by atoms with Gasteiger partial charge in [0.2, 0.25) is 0 Å². The molecule has 0 atom stereocenters. The minimum atomic E-state index is -0.423. The lowest BCUT2D eigenvalue weighted by Gasteiger charge is -2.30. The lowest BCUT2D eigenvalue weighted by atomic mass is 10.2. The van der Waals surface area contributed by atoms with Crippen LogP contribution in [0.2, 0.25) is 0 Å². The van der Waals surface area contributed by atoms with Gasteiger partial charge in [-0.1, -0.05) is 36.0 Å². The summed E-state index contributed by atoms with van der Waals surface area (Å²) in [5, 5.41) is 0. The number of fused-ring (bicyclic) bond motifs is 2.